The SMILES string of the molecule is Cc1nn(CC(=O)NC(c2nc3ccccc3[nH]2)C(C)C)c(=O)c2ccccc12. The van der Waals surface area contributed by atoms with Crippen LogP contribution in [0.5, 0.6) is 0 Å². The van der Waals surface area contributed by atoms with Crippen LogP contribution in [0.4, 0.5) is 0 Å². The molecule has 0 aliphatic rings. The van der Waals surface area contributed by atoms with Crippen molar-refractivity contribution in [3.63, 3.8) is 0 Å². The van der Waals surface area contributed by atoms with E-state index in [2.05, 4.69) is 20.4 Å². The Labute approximate surface area is 167 Å². The summed E-state index contributed by atoms with van der Waals surface area (Å²) >= 11 is 0. The Kier molecular flexibility index (Phi) is 4.88. The molecule has 4 rings (SSSR count). The van der Waals surface area contributed by atoms with Crippen LogP contribution in [0.1, 0.15) is 31.4 Å². The zero-order valence-corrected chi connectivity index (χ0v) is 16.6. The third-order valence-electron chi connectivity index (χ3n) is 5.03. The number of nitrogens with one attached hydrogen (secondary N) is 2. The average Bonchev–Trinajstić information content (AvgIpc) is 3.13. The summed E-state index contributed by atoms with van der Waals surface area (Å²) in [4.78, 5) is 33.4. The first-order chi connectivity index (χ1) is 13.9. The number of imidazole rings is 1. The fraction of sp³-hybridized carbons (Fsp3) is 0.273. The Bertz CT molecular complexity index is 1220. The summed E-state index contributed by atoms with van der Waals surface area (Å²) in [7, 11) is 0. The molecule has 2 aromatic carbocycles. The molecule has 1 unspecified atom stereocenters. The Morgan fingerprint density at radius 2 is 1.79 bits per heavy atom. The molecule has 0 radical (unpaired) electrons. The fourth-order valence-electron chi connectivity index (χ4n) is 3.54. The minimum absolute atomic E-state index is 0.113. The van der Waals surface area contributed by atoms with E-state index in [1.54, 1.807) is 6.07 Å². The van der Waals surface area contributed by atoms with Gasteiger partial charge in [-0.15, -0.1) is 0 Å². The molecular formula is C22H23N5O2. The lowest BCUT2D eigenvalue weighted by Gasteiger charge is -2.20. The lowest BCUT2D eigenvalue weighted by Crippen LogP contribution is -2.38. The molecule has 7 nitrogen and oxygen atoms in total. The van der Waals surface area contributed by atoms with E-state index in [1.807, 2.05) is 63.2 Å². The van der Waals surface area contributed by atoms with E-state index in [1.165, 1.54) is 4.68 Å². The van der Waals surface area contributed by atoms with Crippen LogP contribution < -0.4 is 10.9 Å². The van der Waals surface area contributed by atoms with Gasteiger partial charge in [-0.05, 0) is 31.0 Å². The molecule has 29 heavy (non-hydrogen) atoms. The topological polar surface area (TPSA) is 92.7 Å². The maximum absolute atomic E-state index is 12.8. The molecule has 2 aromatic heterocycles. The van der Waals surface area contributed by atoms with Gasteiger partial charge in [-0.3, -0.25) is 9.59 Å². The van der Waals surface area contributed by atoms with Crippen LogP contribution in [0.2, 0.25) is 0 Å². The first-order valence-corrected chi connectivity index (χ1v) is 9.64. The highest BCUT2D eigenvalue weighted by molar-refractivity contribution is 5.84. The average molecular weight is 389 g/mol. The number of H-pyrrole nitrogens is 1. The monoisotopic (exact) mass is 389 g/mol. The number of hydrogen-bond donors (Lipinski definition) is 2. The van der Waals surface area contributed by atoms with E-state index in [9.17, 15) is 9.59 Å². The molecule has 0 fully saturated rings. The summed E-state index contributed by atoms with van der Waals surface area (Å²) in [5, 5.41) is 8.69. The van der Waals surface area contributed by atoms with Crippen molar-refractivity contribution in [1.29, 1.82) is 0 Å². The Morgan fingerprint density at radius 3 is 2.52 bits per heavy atom. The molecule has 0 spiro atoms. The molecule has 0 bridgehead atoms. The van der Waals surface area contributed by atoms with Gasteiger partial charge in [0, 0.05) is 5.39 Å². The number of rotatable bonds is 5. The number of benzene rings is 2. The molecule has 0 saturated heterocycles. The number of fused-ring (bicyclic) bond motifs is 2. The van der Waals surface area contributed by atoms with Crippen LogP contribution >= 0.6 is 0 Å². The summed E-state index contributed by atoms with van der Waals surface area (Å²) < 4.78 is 1.23. The molecule has 148 valence electrons. The highest BCUT2D eigenvalue weighted by Crippen LogP contribution is 2.22. The van der Waals surface area contributed by atoms with Crippen LogP contribution in [0.3, 0.4) is 0 Å². The first-order valence-electron chi connectivity index (χ1n) is 9.64. The lowest BCUT2D eigenvalue weighted by molar-refractivity contribution is -0.123. The standard InChI is InChI=1S/C22H23N5O2/c1-13(2)20(21-23-17-10-6-7-11-18(17)24-21)25-19(28)12-27-22(29)16-9-5-4-8-15(16)14(3)26-27/h4-11,13,20H,12H2,1-3H3,(H,23,24)(H,25,28). The predicted molar refractivity (Wildman–Crippen MR) is 113 cm³/mol. The van der Waals surface area contributed by atoms with Crippen molar-refractivity contribution in [1.82, 2.24) is 25.1 Å². The molecule has 0 saturated carbocycles. The molecule has 4 aromatic rings. The second-order valence-corrected chi connectivity index (χ2v) is 7.52. The fourth-order valence-corrected chi connectivity index (χ4v) is 3.54. The van der Waals surface area contributed by atoms with Crippen LogP contribution in [0, 0.1) is 12.8 Å². The molecule has 0 aliphatic heterocycles. The number of aromatic nitrogens is 4. The van der Waals surface area contributed by atoms with E-state index < -0.39 is 0 Å². The second-order valence-electron chi connectivity index (χ2n) is 7.52. The molecule has 0 aliphatic carbocycles. The number of nitrogens with zero attached hydrogens (tertiary/aromatic N) is 3. The van der Waals surface area contributed by atoms with Crippen LogP contribution in [0.15, 0.2) is 53.3 Å². The van der Waals surface area contributed by atoms with Crippen LogP contribution in [-0.2, 0) is 11.3 Å². The van der Waals surface area contributed by atoms with Gasteiger partial charge in [0.1, 0.15) is 12.4 Å². The molecule has 7 heteroatoms. The zero-order chi connectivity index (χ0) is 20.5. The summed E-state index contributed by atoms with van der Waals surface area (Å²) in [6.45, 7) is 5.72. The van der Waals surface area contributed by atoms with Gasteiger partial charge in [0.05, 0.1) is 28.2 Å². The van der Waals surface area contributed by atoms with Crippen molar-refractivity contribution in [2.75, 3.05) is 0 Å². The molecule has 2 N–H and O–H groups in total. The highest BCUT2D eigenvalue weighted by atomic mass is 16.2. The number of aromatic amines is 1. The van der Waals surface area contributed by atoms with E-state index >= 15 is 0 Å². The smallest absolute Gasteiger partial charge is 0.275 e. The maximum atomic E-state index is 12.8. The number of carbonyl (C=O) groups excluding carboxylic acids is 1. The molecule has 1 atom stereocenters. The van der Waals surface area contributed by atoms with Gasteiger partial charge in [-0.2, -0.15) is 5.10 Å². The lowest BCUT2D eigenvalue weighted by atomic mass is 10.0. The van der Waals surface area contributed by atoms with Crippen molar-refractivity contribution in [2.24, 2.45) is 5.92 Å². The van der Waals surface area contributed by atoms with E-state index in [4.69, 9.17) is 0 Å². The number of para-hydroxylation sites is 2. The van der Waals surface area contributed by atoms with Crippen LogP contribution in [-0.4, -0.2) is 25.7 Å². The Morgan fingerprint density at radius 1 is 1.10 bits per heavy atom. The highest BCUT2D eigenvalue weighted by Gasteiger charge is 2.22. The van der Waals surface area contributed by atoms with Crippen molar-refractivity contribution >= 4 is 27.7 Å². The summed E-state index contributed by atoms with van der Waals surface area (Å²) in [5.74, 6) is 0.528. The number of aryl methyl sites for hydroxylation is 1. The minimum atomic E-state index is -0.299. The molecular weight excluding hydrogens is 366 g/mol. The van der Waals surface area contributed by atoms with Gasteiger partial charge in [0.25, 0.3) is 5.56 Å². The van der Waals surface area contributed by atoms with E-state index in [0.717, 1.165) is 16.4 Å². The van der Waals surface area contributed by atoms with E-state index in [-0.39, 0.29) is 30.0 Å². The van der Waals surface area contributed by atoms with Gasteiger partial charge in [0.2, 0.25) is 5.91 Å². The van der Waals surface area contributed by atoms with Gasteiger partial charge in [-0.25, -0.2) is 9.67 Å². The van der Waals surface area contributed by atoms with Gasteiger partial charge >= 0.3 is 0 Å². The Balaban J connectivity index is 1.60. The van der Waals surface area contributed by atoms with E-state index in [0.29, 0.717) is 16.9 Å². The predicted octanol–water partition coefficient (Wildman–Crippen LogP) is 3.09. The second kappa shape index (κ2) is 7.50. The van der Waals surface area contributed by atoms with Gasteiger partial charge in [0.15, 0.2) is 0 Å². The summed E-state index contributed by atoms with van der Waals surface area (Å²) in [5.41, 5.74) is 2.22. The third-order valence-corrected chi connectivity index (χ3v) is 5.03. The summed E-state index contributed by atoms with van der Waals surface area (Å²) in [6, 6.07) is 14.7. The molecule has 1 amide bonds. The van der Waals surface area contributed by atoms with Gasteiger partial charge < -0.3 is 10.3 Å². The Hall–Kier alpha value is -3.48. The number of amides is 1. The largest absolute Gasteiger partial charge is 0.344 e. The van der Waals surface area contributed by atoms with Crippen molar-refractivity contribution in [3.05, 3.63) is 70.4 Å². The quantitative estimate of drug-likeness (QED) is 0.549. The third kappa shape index (κ3) is 3.63. The van der Waals surface area contributed by atoms with Crippen molar-refractivity contribution < 1.29 is 4.79 Å². The summed E-state index contributed by atoms with van der Waals surface area (Å²) in [6.07, 6.45) is 0. The minimum Gasteiger partial charge on any atom is -0.344 e. The normalized spacial score (nSPS) is 12.6. The van der Waals surface area contributed by atoms with Crippen molar-refractivity contribution in [3.8, 4) is 0 Å². The zero-order valence-electron chi connectivity index (χ0n) is 16.6. The number of carbonyl (C=O) groups is 1. The number of hydrogen-bond acceptors (Lipinski definition) is 4. The van der Waals surface area contributed by atoms with Gasteiger partial charge in [-0.1, -0.05) is 44.2 Å². The van der Waals surface area contributed by atoms with Crippen molar-refractivity contribution in [2.45, 2.75) is 33.4 Å². The van der Waals surface area contributed by atoms with Crippen LogP contribution in [0.25, 0.3) is 21.8 Å². The first kappa shape index (κ1) is 18.9. The maximum Gasteiger partial charge on any atom is 0.275 e. The molecule has 2 heterocycles.